The maximum absolute atomic E-state index is 12.2. The lowest BCUT2D eigenvalue weighted by Crippen LogP contribution is -2.13. The zero-order valence-corrected chi connectivity index (χ0v) is 13.4. The Labute approximate surface area is 126 Å². The number of anilines is 1. The van der Waals surface area contributed by atoms with Gasteiger partial charge in [0.15, 0.2) is 4.67 Å². The molecule has 102 valence electrons. The van der Waals surface area contributed by atoms with Crippen LogP contribution in [0.4, 0.5) is 5.69 Å². The summed E-state index contributed by atoms with van der Waals surface area (Å²) < 4.78 is 32.6. The highest BCUT2D eigenvalue weighted by molar-refractivity contribution is 9.10. The second-order valence-corrected chi connectivity index (χ2v) is 6.82. The molecule has 2 rings (SSSR count). The van der Waals surface area contributed by atoms with Crippen molar-refractivity contribution in [1.82, 2.24) is 0 Å². The molecule has 0 radical (unpaired) electrons. The first-order valence-electron chi connectivity index (χ1n) is 5.10. The van der Waals surface area contributed by atoms with Gasteiger partial charge in [-0.25, -0.2) is 8.42 Å². The van der Waals surface area contributed by atoms with Crippen molar-refractivity contribution in [2.45, 2.75) is 11.5 Å². The van der Waals surface area contributed by atoms with Crippen LogP contribution in [0.3, 0.4) is 0 Å². The smallest absolute Gasteiger partial charge is 0.266 e. The number of benzene rings is 1. The monoisotopic (exact) mass is 409 g/mol. The minimum Gasteiger partial charge on any atom is -0.450 e. The predicted molar refractivity (Wildman–Crippen MR) is 77.3 cm³/mol. The van der Waals surface area contributed by atoms with Crippen molar-refractivity contribution >= 4 is 47.6 Å². The molecule has 2 N–H and O–H groups in total. The third-order valence-electron chi connectivity index (χ3n) is 2.27. The van der Waals surface area contributed by atoms with Crippen molar-refractivity contribution in [1.29, 1.82) is 0 Å². The van der Waals surface area contributed by atoms with Gasteiger partial charge >= 0.3 is 0 Å². The van der Waals surface area contributed by atoms with Crippen LogP contribution in [0, 0.1) is 0 Å². The highest BCUT2D eigenvalue weighted by Gasteiger charge is 2.23. The van der Waals surface area contributed by atoms with E-state index in [1.165, 1.54) is 6.07 Å². The molecule has 5 nitrogen and oxygen atoms in total. The molecule has 8 heteroatoms. The molecular formula is C11H9Br2NO4S. The SMILES string of the molecule is O=S(=O)(Nc1ccccc1Br)c1cc(CO)oc1Br. The van der Waals surface area contributed by atoms with Crippen LogP contribution in [0.1, 0.15) is 5.76 Å². The summed E-state index contributed by atoms with van der Waals surface area (Å²) in [6.45, 7) is -0.372. The molecule has 1 aromatic carbocycles. The van der Waals surface area contributed by atoms with E-state index in [1.807, 2.05) is 0 Å². The number of hydrogen-bond acceptors (Lipinski definition) is 4. The van der Waals surface area contributed by atoms with E-state index in [9.17, 15) is 8.42 Å². The maximum atomic E-state index is 12.2. The van der Waals surface area contributed by atoms with E-state index in [-0.39, 0.29) is 21.9 Å². The first kappa shape index (κ1) is 14.6. The fourth-order valence-electron chi connectivity index (χ4n) is 1.40. The number of para-hydroxylation sites is 1. The Bertz CT molecular complexity index is 696. The van der Waals surface area contributed by atoms with E-state index in [4.69, 9.17) is 9.52 Å². The van der Waals surface area contributed by atoms with Gasteiger partial charge in [0.25, 0.3) is 10.0 Å². The molecule has 0 aliphatic rings. The van der Waals surface area contributed by atoms with Crippen molar-refractivity contribution in [3.05, 3.63) is 45.2 Å². The molecule has 1 heterocycles. The fourth-order valence-corrected chi connectivity index (χ4v) is 4.00. The van der Waals surface area contributed by atoms with Gasteiger partial charge in [0.1, 0.15) is 17.3 Å². The summed E-state index contributed by atoms with van der Waals surface area (Å²) in [7, 11) is -3.79. The molecule has 0 aliphatic carbocycles. The second kappa shape index (κ2) is 5.66. The molecule has 2 aromatic rings. The Morgan fingerprint density at radius 1 is 1.26 bits per heavy atom. The molecule has 0 saturated heterocycles. The topological polar surface area (TPSA) is 79.5 Å². The zero-order valence-electron chi connectivity index (χ0n) is 9.43. The largest absolute Gasteiger partial charge is 0.450 e. The highest BCUT2D eigenvalue weighted by Crippen LogP contribution is 2.30. The minimum absolute atomic E-state index is 0.0519. The first-order valence-corrected chi connectivity index (χ1v) is 8.17. The lowest BCUT2D eigenvalue weighted by molar-refractivity contribution is 0.245. The van der Waals surface area contributed by atoms with Gasteiger partial charge in [-0.15, -0.1) is 0 Å². The van der Waals surface area contributed by atoms with Crippen LogP contribution in [0.2, 0.25) is 0 Å². The van der Waals surface area contributed by atoms with Gasteiger partial charge in [-0.1, -0.05) is 12.1 Å². The van der Waals surface area contributed by atoms with Crippen LogP contribution >= 0.6 is 31.9 Å². The van der Waals surface area contributed by atoms with Crippen molar-refractivity contribution < 1.29 is 17.9 Å². The van der Waals surface area contributed by atoms with E-state index in [0.29, 0.717) is 10.2 Å². The van der Waals surface area contributed by atoms with Gasteiger partial charge in [-0.2, -0.15) is 0 Å². The van der Waals surface area contributed by atoms with E-state index in [0.717, 1.165) is 0 Å². The molecule has 0 unspecified atom stereocenters. The minimum atomic E-state index is -3.79. The quantitative estimate of drug-likeness (QED) is 0.811. The van der Waals surface area contributed by atoms with Gasteiger partial charge in [-0.3, -0.25) is 4.72 Å². The van der Waals surface area contributed by atoms with Gasteiger partial charge in [0, 0.05) is 10.5 Å². The van der Waals surface area contributed by atoms with Crippen LogP contribution in [-0.4, -0.2) is 13.5 Å². The summed E-state index contributed by atoms with van der Waals surface area (Å²) in [5.74, 6) is 0.166. The zero-order chi connectivity index (χ0) is 14.0. The number of rotatable bonds is 4. The number of aliphatic hydroxyl groups excluding tert-OH is 1. The number of nitrogens with one attached hydrogen (secondary N) is 1. The maximum Gasteiger partial charge on any atom is 0.266 e. The first-order chi connectivity index (χ1) is 8.94. The summed E-state index contributed by atoms with van der Waals surface area (Å²) in [5, 5.41) is 8.94. The standard InChI is InChI=1S/C11H9Br2NO4S/c12-8-3-1-2-4-9(8)14-19(16,17)10-5-7(6-15)18-11(10)13/h1-5,14-15H,6H2. The summed E-state index contributed by atoms with van der Waals surface area (Å²) in [6, 6.07) is 8.11. The van der Waals surface area contributed by atoms with Crippen molar-refractivity contribution in [2.24, 2.45) is 0 Å². The predicted octanol–water partition coefficient (Wildman–Crippen LogP) is 3.10. The van der Waals surface area contributed by atoms with E-state index < -0.39 is 10.0 Å². The Hall–Kier alpha value is -0.830. The molecule has 0 spiro atoms. The molecule has 1 aromatic heterocycles. The lowest BCUT2D eigenvalue weighted by Gasteiger charge is -2.08. The average Bonchev–Trinajstić information content (AvgIpc) is 2.74. The van der Waals surface area contributed by atoms with Crippen molar-refractivity contribution in [3.63, 3.8) is 0 Å². The van der Waals surface area contributed by atoms with Crippen molar-refractivity contribution in [3.8, 4) is 0 Å². The Balaban J connectivity index is 2.38. The third-order valence-corrected chi connectivity index (χ3v) is 5.18. The van der Waals surface area contributed by atoms with E-state index in [2.05, 4.69) is 36.6 Å². The second-order valence-electron chi connectivity index (χ2n) is 3.59. The van der Waals surface area contributed by atoms with Crippen LogP contribution in [-0.2, 0) is 16.6 Å². The molecule has 0 fully saturated rings. The summed E-state index contributed by atoms with van der Waals surface area (Å²) in [5.41, 5.74) is 0.418. The summed E-state index contributed by atoms with van der Waals surface area (Å²) >= 11 is 6.27. The number of hydrogen-bond donors (Lipinski definition) is 2. The average molecular weight is 411 g/mol. The number of furan rings is 1. The Morgan fingerprint density at radius 3 is 2.53 bits per heavy atom. The summed E-state index contributed by atoms with van der Waals surface area (Å²) in [4.78, 5) is -0.0627. The van der Waals surface area contributed by atoms with Gasteiger partial charge in [-0.05, 0) is 44.0 Å². The Kier molecular flexibility index (Phi) is 4.34. The van der Waals surface area contributed by atoms with E-state index >= 15 is 0 Å². The van der Waals surface area contributed by atoms with Crippen LogP contribution in [0.15, 0.2) is 48.8 Å². The van der Waals surface area contributed by atoms with Gasteiger partial charge in [0.05, 0.1) is 5.69 Å². The Morgan fingerprint density at radius 2 is 1.95 bits per heavy atom. The number of sulfonamides is 1. The molecular weight excluding hydrogens is 402 g/mol. The van der Waals surface area contributed by atoms with Crippen LogP contribution in [0.5, 0.6) is 0 Å². The third kappa shape index (κ3) is 3.19. The van der Waals surface area contributed by atoms with Gasteiger partial charge in [0.2, 0.25) is 0 Å². The van der Waals surface area contributed by atoms with Crippen LogP contribution in [0.25, 0.3) is 0 Å². The molecule has 0 amide bonds. The van der Waals surface area contributed by atoms with E-state index in [1.54, 1.807) is 24.3 Å². The van der Waals surface area contributed by atoms with Crippen molar-refractivity contribution in [2.75, 3.05) is 4.72 Å². The molecule has 0 saturated carbocycles. The molecule has 0 bridgehead atoms. The van der Waals surface area contributed by atoms with Crippen LogP contribution < -0.4 is 4.72 Å². The normalized spacial score (nSPS) is 11.5. The lowest BCUT2D eigenvalue weighted by atomic mass is 10.3. The molecule has 0 atom stereocenters. The summed E-state index contributed by atoms with van der Waals surface area (Å²) in [6.07, 6.45) is 0. The highest BCUT2D eigenvalue weighted by atomic mass is 79.9. The van der Waals surface area contributed by atoms with Gasteiger partial charge < -0.3 is 9.52 Å². The molecule has 0 aliphatic heterocycles. The fraction of sp³-hybridized carbons (Fsp3) is 0.0909. The number of halogens is 2. The molecule has 19 heavy (non-hydrogen) atoms. The number of aliphatic hydroxyl groups is 1.